The quantitative estimate of drug-likeness (QED) is 0.843. The molecule has 0 aliphatic rings. The summed E-state index contributed by atoms with van der Waals surface area (Å²) in [5.41, 5.74) is 0.597. The molecule has 1 rings (SSSR count). The van der Waals surface area contributed by atoms with Gasteiger partial charge in [-0.25, -0.2) is 9.59 Å². The second-order valence-electron chi connectivity index (χ2n) is 4.90. The summed E-state index contributed by atoms with van der Waals surface area (Å²) >= 11 is 12.4. The number of hydrogen-bond donors (Lipinski definition) is 1. The zero-order valence-corrected chi connectivity index (χ0v) is 14.5. The van der Waals surface area contributed by atoms with E-state index in [4.69, 9.17) is 27.9 Å². The highest BCUT2D eigenvalue weighted by atomic mass is 35.5. The standard InChI is InChI=1S/C15H19Cl2NO4/c1-5-9-7-10(14(19)20)13(12(17)11(9)16)18(6-2)15(21)22-8(3)4/h7-8H,5-6H2,1-4H3,(H,19,20). The van der Waals surface area contributed by atoms with E-state index in [9.17, 15) is 14.7 Å². The molecular weight excluding hydrogens is 329 g/mol. The second kappa shape index (κ2) is 7.70. The summed E-state index contributed by atoms with van der Waals surface area (Å²) < 4.78 is 5.14. The number of carboxylic acids is 1. The highest BCUT2D eigenvalue weighted by Gasteiger charge is 2.27. The number of carboxylic acid groups (broad SMARTS) is 1. The van der Waals surface area contributed by atoms with Gasteiger partial charge in [0.1, 0.15) is 0 Å². The van der Waals surface area contributed by atoms with Crippen molar-refractivity contribution in [1.29, 1.82) is 0 Å². The SMILES string of the molecule is CCc1cc(C(=O)O)c(N(CC)C(=O)OC(C)C)c(Cl)c1Cl. The first-order chi connectivity index (χ1) is 10.2. The molecular formula is C15H19Cl2NO4. The number of anilines is 1. The van der Waals surface area contributed by atoms with E-state index in [1.165, 1.54) is 11.0 Å². The van der Waals surface area contributed by atoms with Crippen LogP contribution in [0, 0.1) is 0 Å². The minimum atomic E-state index is -1.18. The van der Waals surface area contributed by atoms with E-state index >= 15 is 0 Å². The summed E-state index contributed by atoms with van der Waals surface area (Å²) in [6, 6.07) is 1.44. The van der Waals surface area contributed by atoms with Crippen molar-refractivity contribution in [3.63, 3.8) is 0 Å². The normalized spacial score (nSPS) is 10.7. The van der Waals surface area contributed by atoms with Gasteiger partial charge in [-0.2, -0.15) is 0 Å². The zero-order valence-electron chi connectivity index (χ0n) is 12.9. The largest absolute Gasteiger partial charge is 0.478 e. The van der Waals surface area contributed by atoms with Crippen LogP contribution in [-0.4, -0.2) is 29.8 Å². The average Bonchev–Trinajstić information content (AvgIpc) is 2.43. The van der Waals surface area contributed by atoms with Crippen LogP contribution < -0.4 is 4.90 Å². The van der Waals surface area contributed by atoms with Gasteiger partial charge >= 0.3 is 12.1 Å². The van der Waals surface area contributed by atoms with Gasteiger partial charge in [0.15, 0.2) is 0 Å². The van der Waals surface area contributed by atoms with Gasteiger partial charge in [0.05, 0.1) is 27.4 Å². The fourth-order valence-corrected chi connectivity index (χ4v) is 2.60. The summed E-state index contributed by atoms with van der Waals surface area (Å²) in [6.07, 6.45) is -0.469. The Morgan fingerprint density at radius 3 is 2.27 bits per heavy atom. The summed E-state index contributed by atoms with van der Waals surface area (Å²) in [7, 11) is 0. The molecule has 0 radical (unpaired) electrons. The summed E-state index contributed by atoms with van der Waals surface area (Å²) in [6.45, 7) is 7.16. The number of rotatable bonds is 5. The Morgan fingerprint density at radius 2 is 1.86 bits per heavy atom. The van der Waals surface area contributed by atoms with Crippen LogP contribution in [0.2, 0.25) is 10.0 Å². The van der Waals surface area contributed by atoms with E-state index in [-0.39, 0.29) is 33.9 Å². The number of carbonyl (C=O) groups is 2. The Kier molecular flexibility index (Phi) is 6.50. The lowest BCUT2D eigenvalue weighted by Gasteiger charge is -2.25. The molecule has 22 heavy (non-hydrogen) atoms. The predicted octanol–water partition coefficient (Wildman–Crippen LogP) is 4.63. The van der Waals surface area contributed by atoms with Crippen molar-refractivity contribution in [2.24, 2.45) is 0 Å². The molecule has 1 aromatic rings. The molecule has 7 heteroatoms. The van der Waals surface area contributed by atoms with Crippen molar-refractivity contribution < 1.29 is 19.4 Å². The van der Waals surface area contributed by atoms with Gasteiger partial charge in [-0.15, -0.1) is 0 Å². The molecule has 0 aliphatic carbocycles. The second-order valence-corrected chi connectivity index (χ2v) is 5.65. The molecule has 0 spiro atoms. The van der Waals surface area contributed by atoms with Crippen LogP contribution >= 0.6 is 23.2 Å². The van der Waals surface area contributed by atoms with Gasteiger partial charge in [-0.3, -0.25) is 4.90 Å². The number of nitrogens with zero attached hydrogens (tertiary/aromatic N) is 1. The van der Waals surface area contributed by atoms with Gasteiger partial charge in [0.2, 0.25) is 0 Å². The van der Waals surface area contributed by atoms with Crippen LogP contribution in [-0.2, 0) is 11.2 Å². The highest BCUT2D eigenvalue weighted by Crippen LogP contribution is 2.39. The van der Waals surface area contributed by atoms with Gasteiger partial charge in [0, 0.05) is 6.54 Å². The van der Waals surface area contributed by atoms with Crippen molar-refractivity contribution in [1.82, 2.24) is 0 Å². The lowest BCUT2D eigenvalue weighted by Crippen LogP contribution is -2.34. The maximum absolute atomic E-state index is 12.2. The third kappa shape index (κ3) is 3.84. The molecule has 1 N–H and O–H groups in total. The van der Waals surface area contributed by atoms with Gasteiger partial charge in [-0.1, -0.05) is 30.1 Å². The van der Waals surface area contributed by atoms with Crippen LogP contribution in [0.25, 0.3) is 0 Å². The minimum Gasteiger partial charge on any atom is -0.478 e. The smallest absolute Gasteiger partial charge is 0.414 e. The molecule has 5 nitrogen and oxygen atoms in total. The number of amides is 1. The maximum atomic E-state index is 12.2. The van der Waals surface area contributed by atoms with Crippen molar-refractivity contribution >= 4 is 41.0 Å². The molecule has 1 aromatic carbocycles. The van der Waals surface area contributed by atoms with Crippen LogP contribution in [0.4, 0.5) is 10.5 Å². The molecule has 0 aromatic heterocycles. The maximum Gasteiger partial charge on any atom is 0.414 e. The Balaban J connectivity index is 3.51. The van der Waals surface area contributed by atoms with Gasteiger partial charge < -0.3 is 9.84 Å². The Morgan fingerprint density at radius 1 is 1.27 bits per heavy atom. The summed E-state index contributed by atoms with van der Waals surface area (Å²) in [4.78, 5) is 24.9. The van der Waals surface area contributed by atoms with Crippen molar-refractivity contribution in [2.45, 2.75) is 40.2 Å². The zero-order chi connectivity index (χ0) is 17.0. The monoisotopic (exact) mass is 347 g/mol. The molecule has 1 amide bonds. The Bertz CT molecular complexity index is 587. The van der Waals surface area contributed by atoms with E-state index in [0.717, 1.165) is 0 Å². The fourth-order valence-electron chi connectivity index (χ4n) is 2.00. The Labute approximate surface area is 139 Å². The third-order valence-electron chi connectivity index (χ3n) is 3.01. The fraction of sp³-hybridized carbons (Fsp3) is 0.467. The van der Waals surface area contributed by atoms with Gasteiger partial charge in [0.25, 0.3) is 0 Å². The predicted molar refractivity (Wildman–Crippen MR) is 87.4 cm³/mol. The van der Waals surface area contributed by atoms with E-state index < -0.39 is 12.1 Å². The van der Waals surface area contributed by atoms with Crippen molar-refractivity contribution in [3.05, 3.63) is 27.2 Å². The first-order valence-electron chi connectivity index (χ1n) is 6.96. The molecule has 0 aliphatic heterocycles. The minimum absolute atomic E-state index is 0.0426. The lowest BCUT2D eigenvalue weighted by molar-refractivity contribution is 0.0697. The van der Waals surface area contributed by atoms with Gasteiger partial charge in [-0.05, 0) is 38.8 Å². The number of halogens is 2. The Hall–Kier alpha value is -1.46. The number of ether oxygens (including phenoxy) is 1. The summed E-state index contributed by atoms with van der Waals surface area (Å²) in [5.74, 6) is -1.18. The average molecular weight is 348 g/mol. The van der Waals surface area contributed by atoms with Crippen molar-refractivity contribution in [2.75, 3.05) is 11.4 Å². The van der Waals surface area contributed by atoms with Crippen molar-refractivity contribution in [3.8, 4) is 0 Å². The molecule has 0 heterocycles. The van der Waals surface area contributed by atoms with E-state index in [2.05, 4.69) is 0 Å². The molecule has 122 valence electrons. The van der Waals surface area contributed by atoms with Crippen LogP contribution in [0.1, 0.15) is 43.6 Å². The number of carbonyl (C=O) groups excluding carboxylic acids is 1. The van der Waals surface area contributed by atoms with E-state index in [1.54, 1.807) is 20.8 Å². The van der Waals surface area contributed by atoms with E-state index in [0.29, 0.717) is 12.0 Å². The first kappa shape index (κ1) is 18.6. The third-order valence-corrected chi connectivity index (χ3v) is 3.91. The first-order valence-corrected chi connectivity index (χ1v) is 7.72. The number of hydrogen-bond acceptors (Lipinski definition) is 3. The highest BCUT2D eigenvalue weighted by molar-refractivity contribution is 6.45. The summed E-state index contributed by atoms with van der Waals surface area (Å²) in [5, 5.41) is 9.72. The molecule has 0 saturated heterocycles. The van der Waals surface area contributed by atoms with Crippen LogP contribution in [0.3, 0.4) is 0 Å². The van der Waals surface area contributed by atoms with E-state index in [1.807, 2.05) is 6.92 Å². The molecule has 0 saturated carbocycles. The topological polar surface area (TPSA) is 66.8 Å². The molecule has 0 atom stereocenters. The van der Waals surface area contributed by atoms with Crippen LogP contribution in [0.15, 0.2) is 6.07 Å². The number of aromatic carboxylic acids is 1. The number of benzene rings is 1. The lowest BCUT2D eigenvalue weighted by atomic mass is 10.1. The number of aryl methyl sites for hydroxylation is 1. The molecule has 0 bridgehead atoms. The molecule has 0 unspecified atom stereocenters. The molecule has 0 fully saturated rings. The van der Waals surface area contributed by atoms with Crippen LogP contribution in [0.5, 0.6) is 0 Å².